The van der Waals surface area contributed by atoms with Crippen molar-refractivity contribution < 1.29 is 9.32 Å². The summed E-state index contributed by atoms with van der Waals surface area (Å²) in [6.45, 7) is 5.50. The molecule has 0 spiro atoms. The Morgan fingerprint density at radius 1 is 1.31 bits per heavy atom. The first-order valence-electron chi connectivity index (χ1n) is 10.3. The number of hydrogen-bond acceptors (Lipinski definition) is 5. The minimum atomic E-state index is -0.00114. The molecule has 1 aromatic carbocycles. The second-order valence-electron chi connectivity index (χ2n) is 7.88. The van der Waals surface area contributed by atoms with Gasteiger partial charge in [0.05, 0.1) is 0 Å². The number of hydrogen-bond donors (Lipinski definition) is 1. The molecular formula is C22H27N5O2. The van der Waals surface area contributed by atoms with Crippen molar-refractivity contribution in [3.8, 4) is 11.4 Å². The van der Waals surface area contributed by atoms with Crippen molar-refractivity contribution in [3.05, 3.63) is 53.9 Å². The van der Waals surface area contributed by atoms with Gasteiger partial charge in [0.1, 0.15) is 5.82 Å². The fraction of sp³-hybridized carbons (Fsp3) is 0.455. The fourth-order valence-corrected chi connectivity index (χ4v) is 3.70. The standard InChI is InChI=1S/C22H27N5O2/c1-15(2)20-25-19(29-26-20)9-6-11-23-22(28)17-10-12-27-18(13-17)14-24-21(27)16-7-4-3-5-8-16/h3-5,7-8,14-15,17H,6,9-13H2,1-2H3,(H,23,28). The number of amides is 1. The molecule has 1 N–H and O–H groups in total. The minimum absolute atomic E-state index is 0.00114. The van der Waals surface area contributed by atoms with E-state index in [0.29, 0.717) is 18.9 Å². The van der Waals surface area contributed by atoms with Crippen LogP contribution < -0.4 is 5.32 Å². The molecule has 0 radical (unpaired) electrons. The normalized spacial score (nSPS) is 16.0. The number of imidazole rings is 1. The van der Waals surface area contributed by atoms with Gasteiger partial charge in [-0.2, -0.15) is 4.98 Å². The molecule has 0 saturated heterocycles. The first-order valence-corrected chi connectivity index (χ1v) is 10.3. The lowest BCUT2D eigenvalue weighted by Gasteiger charge is -2.24. The molecule has 2 aromatic heterocycles. The SMILES string of the molecule is CC(C)c1noc(CCCNC(=O)C2CCn3c(cnc3-c3ccccc3)C2)n1. The van der Waals surface area contributed by atoms with E-state index in [9.17, 15) is 4.79 Å². The highest BCUT2D eigenvalue weighted by Crippen LogP contribution is 2.27. The zero-order valence-corrected chi connectivity index (χ0v) is 17.0. The highest BCUT2D eigenvalue weighted by Gasteiger charge is 2.26. The van der Waals surface area contributed by atoms with Crippen molar-refractivity contribution in [2.45, 2.75) is 52.0 Å². The smallest absolute Gasteiger partial charge is 0.226 e. The van der Waals surface area contributed by atoms with Crippen LogP contribution in [0.25, 0.3) is 11.4 Å². The van der Waals surface area contributed by atoms with Gasteiger partial charge in [0.15, 0.2) is 5.82 Å². The van der Waals surface area contributed by atoms with Crippen LogP contribution in [0.5, 0.6) is 0 Å². The van der Waals surface area contributed by atoms with E-state index in [0.717, 1.165) is 48.7 Å². The van der Waals surface area contributed by atoms with E-state index in [1.54, 1.807) is 0 Å². The van der Waals surface area contributed by atoms with Crippen LogP contribution in [0.4, 0.5) is 0 Å². The highest BCUT2D eigenvalue weighted by molar-refractivity contribution is 5.79. The molecule has 0 fully saturated rings. The van der Waals surface area contributed by atoms with Gasteiger partial charge in [-0.05, 0) is 12.8 Å². The van der Waals surface area contributed by atoms with E-state index in [1.165, 1.54) is 0 Å². The van der Waals surface area contributed by atoms with E-state index in [1.807, 2.05) is 38.2 Å². The molecule has 4 rings (SSSR count). The number of benzene rings is 1. The lowest BCUT2D eigenvalue weighted by Crippen LogP contribution is -2.35. The monoisotopic (exact) mass is 393 g/mol. The number of fused-ring (bicyclic) bond motifs is 1. The van der Waals surface area contributed by atoms with Crippen molar-refractivity contribution in [2.75, 3.05) is 6.54 Å². The molecule has 3 heterocycles. The van der Waals surface area contributed by atoms with E-state index in [-0.39, 0.29) is 17.7 Å². The second kappa shape index (κ2) is 8.59. The summed E-state index contributed by atoms with van der Waals surface area (Å²) in [7, 11) is 0. The lowest BCUT2D eigenvalue weighted by atomic mass is 9.95. The van der Waals surface area contributed by atoms with E-state index >= 15 is 0 Å². The molecule has 29 heavy (non-hydrogen) atoms. The van der Waals surface area contributed by atoms with Crippen LogP contribution in [-0.4, -0.2) is 32.1 Å². The molecular weight excluding hydrogens is 366 g/mol. The number of carbonyl (C=O) groups is 1. The van der Waals surface area contributed by atoms with Gasteiger partial charge in [-0.15, -0.1) is 0 Å². The Bertz CT molecular complexity index is 961. The maximum absolute atomic E-state index is 12.6. The van der Waals surface area contributed by atoms with E-state index in [4.69, 9.17) is 4.52 Å². The average Bonchev–Trinajstić information content (AvgIpc) is 3.38. The zero-order chi connectivity index (χ0) is 20.2. The third-order valence-corrected chi connectivity index (χ3v) is 5.36. The minimum Gasteiger partial charge on any atom is -0.356 e. The number of nitrogens with zero attached hydrogens (tertiary/aromatic N) is 4. The van der Waals surface area contributed by atoms with Crippen molar-refractivity contribution in [1.82, 2.24) is 25.0 Å². The predicted octanol–water partition coefficient (Wildman–Crippen LogP) is 3.37. The summed E-state index contributed by atoms with van der Waals surface area (Å²) in [5.41, 5.74) is 2.24. The van der Waals surface area contributed by atoms with Gasteiger partial charge in [-0.3, -0.25) is 4.79 Å². The molecule has 3 aromatic rings. The first kappa shape index (κ1) is 19.4. The average molecular weight is 393 g/mol. The van der Waals surface area contributed by atoms with Crippen LogP contribution in [0.15, 0.2) is 41.1 Å². The summed E-state index contributed by atoms with van der Waals surface area (Å²) in [5, 5.41) is 7.03. The Hall–Kier alpha value is -2.96. The van der Waals surface area contributed by atoms with Crippen LogP contribution in [0.2, 0.25) is 0 Å². The van der Waals surface area contributed by atoms with Gasteiger partial charge in [0.25, 0.3) is 0 Å². The van der Waals surface area contributed by atoms with Gasteiger partial charge in [0.2, 0.25) is 11.8 Å². The topological polar surface area (TPSA) is 85.8 Å². The van der Waals surface area contributed by atoms with Gasteiger partial charge in [-0.25, -0.2) is 4.98 Å². The van der Waals surface area contributed by atoms with E-state index in [2.05, 4.69) is 37.1 Å². The number of rotatable bonds is 7. The zero-order valence-electron chi connectivity index (χ0n) is 17.0. The fourth-order valence-electron chi connectivity index (χ4n) is 3.70. The summed E-state index contributed by atoms with van der Waals surface area (Å²) >= 11 is 0. The molecule has 0 bridgehead atoms. The number of aromatic nitrogens is 4. The Morgan fingerprint density at radius 2 is 2.14 bits per heavy atom. The van der Waals surface area contributed by atoms with Crippen molar-refractivity contribution in [1.29, 1.82) is 0 Å². The second-order valence-corrected chi connectivity index (χ2v) is 7.88. The summed E-state index contributed by atoms with van der Waals surface area (Å²) in [5.74, 6) is 2.73. The Kier molecular flexibility index (Phi) is 5.74. The molecule has 1 atom stereocenters. The Balaban J connectivity index is 1.27. The summed E-state index contributed by atoms with van der Waals surface area (Å²) in [4.78, 5) is 21.6. The predicted molar refractivity (Wildman–Crippen MR) is 109 cm³/mol. The molecule has 0 aliphatic carbocycles. The number of aryl methyl sites for hydroxylation is 1. The molecule has 152 valence electrons. The van der Waals surface area contributed by atoms with Crippen molar-refractivity contribution in [3.63, 3.8) is 0 Å². The first-order chi connectivity index (χ1) is 14.1. The molecule has 7 nitrogen and oxygen atoms in total. The van der Waals surface area contributed by atoms with Crippen molar-refractivity contribution >= 4 is 5.91 Å². The Morgan fingerprint density at radius 3 is 2.90 bits per heavy atom. The van der Waals surface area contributed by atoms with Crippen LogP contribution in [0.1, 0.15) is 50.0 Å². The van der Waals surface area contributed by atoms with Crippen LogP contribution in [0.3, 0.4) is 0 Å². The molecule has 1 aliphatic rings. The summed E-state index contributed by atoms with van der Waals surface area (Å²) in [6.07, 6.45) is 4.93. The lowest BCUT2D eigenvalue weighted by molar-refractivity contribution is -0.125. The van der Waals surface area contributed by atoms with Gasteiger partial charge >= 0.3 is 0 Å². The molecule has 1 amide bonds. The van der Waals surface area contributed by atoms with Crippen LogP contribution in [0, 0.1) is 5.92 Å². The maximum atomic E-state index is 12.6. The van der Waals surface area contributed by atoms with Gasteiger partial charge in [0, 0.05) is 55.2 Å². The number of nitrogens with one attached hydrogen (secondary N) is 1. The quantitative estimate of drug-likeness (QED) is 0.622. The molecule has 1 unspecified atom stereocenters. The van der Waals surface area contributed by atoms with Crippen LogP contribution in [-0.2, 0) is 24.2 Å². The van der Waals surface area contributed by atoms with Gasteiger partial charge < -0.3 is 14.4 Å². The highest BCUT2D eigenvalue weighted by atomic mass is 16.5. The molecule has 7 heteroatoms. The third kappa shape index (κ3) is 4.39. The van der Waals surface area contributed by atoms with Crippen LogP contribution >= 0.6 is 0 Å². The molecule has 1 aliphatic heterocycles. The maximum Gasteiger partial charge on any atom is 0.226 e. The largest absolute Gasteiger partial charge is 0.356 e. The summed E-state index contributed by atoms with van der Waals surface area (Å²) in [6, 6.07) is 10.2. The van der Waals surface area contributed by atoms with Gasteiger partial charge in [-0.1, -0.05) is 49.3 Å². The van der Waals surface area contributed by atoms with Crippen molar-refractivity contribution in [2.24, 2.45) is 5.92 Å². The third-order valence-electron chi connectivity index (χ3n) is 5.36. The molecule has 0 saturated carbocycles. The summed E-state index contributed by atoms with van der Waals surface area (Å²) < 4.78 is 7.48. The Labute approximate surface area is 170 Å². The number of carbonyl (C=O) groups excluding carboxylic acids is 1. The van der Waals surface area contributed by atoms with E-state index < -0.39 is 0 Å².